The topological polar surface area (TPSA) is 58.8 Å². The summed E-state index contributed by atoms with van der Waals surface area (Å²) in [5.74, 6) is 2.75. The van der Waals surface area contributed by atoms with Gasteiger partial charge in [0, 0.05) is 31.0 Å². The number of guanidine groups is 1. The second kappa shape index (κ2) is 7.90. The molecule has 0 bridgehead atoms. The van der Waals surface area contributed by atoms with Crippen LogP contribution in [0.25, 0.3) is 0 Å². The van der Waals surface area contributed by atoms with E-state index in [9.17, 15) is 0 Å². The lowest BCUT2D eigenvalue weighted by Crippen LogP contribution is -2.44. The van der Waals surface area contributed by atoms with Gasteiger partial charge in [-0.2, -0.15) is 0 Å². The lowest BCUT2D eigenvalue weighted by atomic mass is 10.0. The molecule has 24 heavy (non-hydrogen) atoms. The lowest BCUT2D eigenvalue weighted by Gasteiger charge is -2.28. The predicted octanol–water partition coefficient (Wildman–Crippen LogP) is 3.29. The van der Waals surface area contributed by atoms with Gasteiger partial charge in [-0.3, -0.25) is 4.99 Å². The van der Waals surface area contributed by atoms with E-state index < -0.39 is 0 Å². The minimum Gasteiger partial charge on any atom is -0.493 e. The number of benzene rings is 1. The molecule has 1 aromatic heterocycles. The van der Waals surface area contributed by atoms with E-state index in [-0.39, 0.29) is 6.04 Å². The van der Waals surface area contributed by atoms with Crippen LogP contribution < -0.4 is 15.4 Å². The maximum atomic E-state index is 5.73. The van der Waals surface area contributed by atoms with Gasteiger partial charge in [0.1, 0.15) is 11.5 Å². The molecule has 0 spiro atoms. The number of para-hydroxylation sites is 1. The van der Waals surface area contributed by atoms with Crippen molar-refractivity contribution in [3.63, 3.8) is 0 Å². The Kier molecular flexibility index (Phi) is 5.41. The van der Waals surface area contributed by atoms with Crippen molar-refractivity contribution in [2.24, 2.45) is 4.99 Å². The molecule has 0 fully saturated rings. The van der Waals surface area contributed by atoms with Crippen LogP contribution in [0.2, 0.25) is 0 Å². The average molecular weight is 327 g/mol. The minimum absolute atomic E-state index is 0.212. The van der Waals surface area contributed by atoms with Crippen molar-refractivity contribution in [2.75, 3.05) is 13.2 Å². The SMILES string of the molecule is CC(C)NC(=NCCc1ccco1)NC1CCOc2ccccc21. The number of nitrogens with zero attached hydrogens (tertiary/aromatic N) is 1. The summed E-state index contributed by atoms with van der Waals surface area (Å²) in [6.45, 7) is 5.62. The molecule has 5 nitrogen and oxygen atoms in total. The highest BCUT2D eigenvalue weighted by Crippen LogP contribution is 2.31. The van der Waals surface area contributed by atoms with Crippen molar-refractivity contribution < 1.29 is 9.15 Å². The van der Waals surface area contributed by atoms with E-state index in [4.69, 9.17) is 14.1 Å². The molecule has 128 valence electrons. The predicted molar refractivity (Wildman–Crippen MR) is 95.4 cm³/mol. The fourth-order valence-corrected chi connectivity index (χ4v) is 2.80. The highest BCUT2D eigenvalue weighted by Gasteiger charge is 2.22. The number of aliphatic imine (C=N–C) groups is 1. The summed E-state index contributed by atoms with van der Waals surface area (Å²) < 4.78 is 11.1. The van der Waals surface area contributed by atoms with E-state index in [0.717, 1.165) is 36.9 Å². The molecule has 1 atom stereocenters. The first-order chi connectivity index (χ1) is 11.7. The van der Waals surface area contributed by atoms with Gasteiger partial charge in [0.2, 0.25) is 0 Å². The molecule has 0 saturated carbocycles. The van der Waals surface area contributed by atoms with Gasteiger partial charge in [0.25, 0.3) is 0 Å². The standard InChI is InChI=1S/C19H25N3O2/c1-14(2)21-19(20-11-9-15-6-5-12-23-15)22-17-10-13-24-18-8-4-3-7-16(17)18/h3-8,12,14,17H,9-11,13H2,1-2H3,(H2,20,21,22). The molecule has 1 aromatic carbocycles. The molecular weight excluding hydrogens is 302 g/mol. The Bertz CT molecular complexity index is 665. The van der Waals surface area contributed by atoms with E-state index in [1.807, 2.05) is 30.3 Å². The Balaban J connectivity index is 1.68. The van der Waals surface area contributed by atoms with Gasteiger partial charge in [-0.1, -0.05) is 18.2 Å². The van der Waals surface area contributed by atoms with Gasteiger partial charge in [0.05, 0.1) is 18.9 Å². The summed E-state index contributed by atoms with van der Waals surface area (Å²) in [5.41, 5.74) is 1.19. The van der Waals surface area contributed by atoms with Crippen molar-refractivity contribution in [1.29, 1.82) is 0 Å². The molecule has 2 heterocycles. The van der Waals surface area contributed by atoms with E-state index in [1.165, 1.54) is 5.56 Å². The summed E-state index contributed by atoms with van der Waals surface area (Å²) >= 11 is 0. The summed E-state index contributed by atoms with van der Waals surface area (Å²) in [6, 6.07) is 12.6. The van der Waals surface area contributed by atoms with E-state index in [2.05, 4.69) is 30.5 Å². The largest absolute Gasteiger partial charge is 0.493 e. The monoisotopic (exact) mass is 327 g/mol. The van der Waals surface area contributed by atoms with Gasteiger partial charge in [-0.15, -0.1) is 0 Å². The van der Waals surface area contributed by atoms with Gasteiger partial charge in [-0.25, -0.2) is 0 Å². The first-order valence-corrected chi connectivity index (χ1v) is 8.54. The maximum Gasteiger partial charge on any atom is 0.191 e. The Labute approximate surface area is 143 Å². The fourth-order valence-electron chi connectivity index (χ4n) is 2.80. The molecule has 1 aliphatic heterocycles. The minimum atomic E-state index is 0.212. The molecule has 2 N–H and O–H groups in total. The molecule has 5 heteroatoms. The Hall–Kier alpha value is -2.43. The maximum absolute atomic E-state index is 5.73. The Morgan fingerprint density at radius 2 is 2.12 bits per heavy atom. The summed E-state index contributed by atoms with van der Waals surface area (Å²) in [6.07, 6.45) is 3.42. The van der Waals surface area contributed by atoms with Crippen LogP contribution in [-0.4, -0.2) is 25.2 Å². The van der Waals surface area contributed by atoms with Crippen molar-refractivity contribution >= 4 is 5.96 Å². The van der Waals surface area contributed by atoms with Gasteiger partial charge in [-0.05, 0) is 32.0 Å². The summed E-state index contributed by atoms with van der Waals surface area (Å²) in [4.78, 5) is 4.70. The van der Waals surface area contributed by atoms with Crippen LogP contribution in [0.1, 0.15) is 37.6 Å². The van der Waals surface area contributed by atoms with Crippen LogP contribution in [-0.2, 0) is 6.42 Å². The third kappa shape index (κ3) is 4.31. The smallest absolute Gasteiger partial charge is 0.191 e. The zero-order valence-electron chi connectivity index (χ0n) is 14.3. The molecule has 0 amide bonds. The molecule has 1 aliphatic rings. The van der Waals surface area contributed by atoms with Crippen LogP contribution in [0.3, 0.4) is 0 Å². The highest BCUT2D eigenvalue weighted by molar-refractivity contribution is 5.80. The lowest BCUT2D eigenvalue weighted by molar-refractivity contribution is 0.261. The van der Waals surface area contributed by atoms with Crippen molar-refractivity contribution in [3.05, 3.63) is 54.0 Å². The summed E-state index contributed by atoms with van der Waals surface area (Å²) in [7, 11) is 0. The number of nitrogens with one attached hydrogen (secondary N) is 2. The quantitative estimate of drug-likeness (QED) is 0.653. The fraction of sp³-hybridized carbons (Fsp3) is 0.421. The van der Waals surface area contributed by atoms with Crippen LogP contribution in [0.4, 0.5) is 0 Å². The highest BCUT2D eigenvalue weighted by atomic mass is 16.5. The third-order valence-corrected chi connectivity index (χ3v) is 3.90. The molecule has 0 saturated heterocycles. The Morgan fingerprint density at radius 1 is 1.25 bits per heavy atom. The van der Waals surface area contributed by atoms with Crippen LogP contribution in [0, 0.1) is 0 Å². The molecule has 3 rings (SSSR count). The van der Waals surface area contributed by atoms with Crippen molar-refractivity contribution in [1.82, 2.24) is 10.6 Å². The second-order valence-electron chi connectivity index (χ2n) is 6.23. The number of ether oxygens (including phenoxy) is 1. The number of rotatable bonds is 5. The number of fused-ring (bicyclic) bond motifs is 1. The second-order valence-corrected chi connectivity index (χ2v) is 6.23. The molecular formula is C19H25N3O2. The van der Waals surface area contributed by atoms with Crippen LogP contribution in [0.5, 0.6) is 5.75 Å². The summed E-state index contributed by atoms with van der Waals surface area (Å²) in [5, 5.41) is 6.96. The van der Waals surface area contributed by atoms with Gasteiger partial charge < -0.3 is 19.8 Å². The van der Waals surface area contributed by atoms with E-state index in [0.29, 0.717) is 12.6 Å². The third-order valence-electron chi connectivity index (χ3n) is 3.90. The molecule has 1 unspecified atom stereocenters. The van der Waals surface area contributed by atoms with Crippen LogP contribution in [0.15, 0.2) is 52.1 Å². The zero-order valence-corrected chi connectivity index (χ0v) is 14.3. The first-order valence-electron chi connectivity index (χ1n) is 8.54. The van der Waals surface area contributed by atoms with Gasteiger partial charge >= 0.3 is 0 Å². The normalized spacial score (nSPS) is 17.3. The number of furan rings is 1. The number of hydrogen-bond acceptors (Lipinski definition) is 3. The first kappa shape index (κ1) is 16.4. The molecule has 2 aromatic rings. The van der Waals surface area contributed by atoms with Crippen molar-refractivity contribution in [2.45, 2.75) is 38.8 Å². The number of hydrogen-bond donors (Lipinski definition) is 2. The Morgan fingerprint density at radius 3 is 2.92 bits per heavy atom. The van der Waals surface area contributed by atoms with E-state index >= 15 is 0 Å². The molecule has 0 aliphatic carbocycles. The van der Waals surface area contributed by atoms with Gasteiger partial charge in [0.15, 0.2) is 5.96 Å². The average Bonchev–Trinajstić information content (AvgIpc) is 3.08. The zero-order chi connectivity index (χ0) is 16.8. The van der Waals surface area contributed by atoms with E-state index in [1.54, 1.807) is 6.26 Å². The van der Waals surface area contributed by atoms with Crippen molar-refractivity contribution in [3.8, 4) is 5.75 Å². The molecule has 0 radical (unpaired) electrons. The van der Waals surface area contributed by atoms with Crippen LogP contribution >= 0.6 is 0 Å².